The molecule has 0 aliphatic rings. The molecule has 0 saturated carbocycles. The van der Waals surface area contributed by atoms with Crippen LogP contribution in [-0.2, 0) is 0 Å². The van der Waals surface area contributed by atoms with Crippen molar-refractivity contribution in [3.63, 3.8) is 0 Å². The van der Waals surface area contributed by atoms with E-state index in [4.69, 9.17) is 4.99 Å². The summed E-state index contributed by atoms with van der Waals surface area (Å²) in [4.78, 5) is 5.45. The van der Waals surface area contributed by atoms with Crippen LogP contribution < -0.4 is 0 Å². The first kappa shape index (κ1) is 37.9. The van der Waals surface area contributed by atoms with Crippen LogP contribution in [0.1, 0.15) is 36.1 Å². The van der Waals surface area contributed by atoms with Crippen LogP contribution >= 0.6 is 0 Å². The number of aliphatic imine (C=N–C) groups is 1. The van der Waals surface area contributed by atoms with Gasteiger partial charge in [0.05, 0.1) is 5.70 Å². The minimum atomic E-state index is 0.860. The van der Waals surface area contributed by atoms with Gasteiger partial charge in [0.25, 0.3) is 0 Å². The maximum Gasteiger partial charge on any atom is 0.0717 e. The van der Waals surface area contributed by atoms with E-state index < -0.39 is 0 Å². The molecule has 60 heavy (non-hydrogen) atoms. The summed E-state index contributed by atoms with van der Waals surface area (Å²) in [5.41, 5.74) is 12.9. The standard InChI is InChI=1S/C59H45N/c1-5-7-19-42(6-2)44-36-34-43(35-37-44)40(3)38-57(51-32-17-22-45-20-8-10-26-49(45)51)60-41(4)47-24-16-25-48(39-47)58-53-28-12-14-30-55(53)59(56-31-15-13-29-54(56)58)52-33-18-23-46-21-9-11-27-50(46)52/h5-39H,2-3H2,1,4H3/b7-5-,42-19+,57-38-,60-41+. The molecule has 0 aromatic heterocycles. The van der Waals surface area contributed by atoms with Gasteiger partial charge in [-0.1, -0.05) is 213 Å². The van der Waals surface area contributed by atoms with Crippen LogP contribution in [0.15, 0.2) is 231 Å². The van der Waals surface area contributed by atoms with E-state index in [2.05, 4.69) is 214 Å². The molecule has 0 unspecified atom stereocenters. The summed E-state index contributed by atoms with van der Waals surface area (Å²) < 4.78 is 0. The lowest BCUT2D eigenvalue weighted by atomic mass is 9.84. The van der Waals surface area contributed by atoms with Crippen molar-refractivity contribution in [1.82, 2.24) is 0 Å². The van der Waals surface area contributed by atoms with Crippen molar-refractivity contribution in [3.05, 3.63) is 248 Å². The van der Waals surface area contributed by atoms with E-state index in [0.717, 1.165) is 55.8 Å². The molecule has 0 heterocycles. The molecular weight excluding hydrogens is 723 g/mol. The molecule has 0 aliphatic heterocycles. The van der Waals surface area contributed by atoms with Gasteiger partial charge in [0.15, 0.2) is 0 Å². The summed E-state index contributed by atoms with van der Waals surface area (Å²) in [7, 11) is 0. The Bertz CT molecular complexity index is 3170. The van der Waals surface area contributed by atoms with Crippen molar-refractivity contribution in [1.29, 1.82) is 0 Å². The SMILES string of the molecule is C=C/C(=C\C=C/C)c1ccc(C(=C)/C=C(\N=C(/C)c2cccc(-c3c4ccccc4c(-c4cccc5ccccc45)c4ccccc34)c2)c2cccc3ccccc23)cc1. The van der Waals surface area contributed by atoms with Crippen LogP contribution in [0.25, 0.3) is 82.2 Å². The largest absolute Gasteiger partial charge is 0.252 e. The Kier molecular flexibility index (Phi) is 10.6. The maximum atomic E-state index is 5.45. The summed E-state index contributed by atoms with van der Waals surface area (Å²) in [6, 6.07) is 65.4. The van der Waals surface area contributed by atoms with Crippen LogP contribution in [0.5, 0.6) is 0 Å². The van der Waals surface area contributed by atoms with Gasteiger partial charge < -0.3 is 0 Å². The van der Waals surface area contributed by atoms with Crippen LogP contribution in [0.3, 0.4) is 0 Å². The fourth-order valence-corrected chi connectivity index (χ4v) is 8.54. The van der Waals surface area contributed by atoms with E-state index in [1.54, 1.807) is 0 Å². The Morgan fingerprint density at radius 3 is 1.70 bits per heavy atom. The third-order valence-electron chi connectivity index (χ3n) is 11.5. The molecule has 0 atom stereocenters. The molecule has 0 N–H and O–H groups in total. The van der Waals surface area contributed by atoms with Crippen molar-refractivity contribution >= 4 is 65.6 Å². The first-order valence-electron chi connectivity index (χ1n) is 20.5. The van der Waals surface area contributed by atoms with E-state index in [-0.39, 0.29) is 0 Å². The number of fused-ring (bicyclic) bond motifs is 4. The van der Waals surface area contributed by atoms with Crippen LogP contribution in [0.2, 0.25) is 0 Å². The first-order valence-corrected chi connectivity index (χ1v) is 20.5. The Labute approximate surface area is 353 Å². The number of hydrogen-bond acceptors (Lipinski definition) is 1. The zero-order valence-corrected chi connectivity index (χ0v) is 34.1. The zero-order chi connectivity index (χ0) is 41.0. The second-order valence-electron chi connectivity index (χ2n) is 15.2. The lowest BCUT2D eigenvalue weighted by Gasteiger charge is -2.19. The first-order chi connectivity index (χ1) is 29.5. The van der Waals surface area contributed by atoms with E-state index in [1.807, 2.05) is 25.2 Å². The number of rotatable bonds is 10. The highest BCUT2D eigenvalue weighted by Crippen LogP contribution is 2.45. The second-order valence-corrected chi connectivity index (χ2v) is 15.2. The lowest BCUT2D eigenvalue weighted by Crippen LogP contribution is -1.98. The lowest BCUT2D eigenvalue weighted by molar-refractivity contribution is 1.48. The molecule has 0 saturated heterocycles. The fourth-order valence-electron chi connectivity index (χ4n) is 8.54. The van der Waals surface area contributed by atoms with Gasteiger partial charge in [0.2, 0.25) is 0 Å². The summed E-state index contributed by atoms with van der Waals surface area (Å²) in [6.45, 7) is 12.7. The van der Waals surface area contributed by atoms with Crippen LogP contribution in [-0.4, -0.2) is 5.71 Å². The molecular formula is C59H45N. The average molecular weight is 768 g/mol. The Morgan fingerprint density at radius 2 is 1.05 bits per heavy atom. The molecule has 0 fully saturated rings. The second kappa shape index (κ2) is 16.7. The summed E-state index contributed by atoms with van der Waals surface area (Å²) in [5, 5.41) is 9.73. The van der Waals surface area contributed by atoms with Crippen molar-refractivity contribution < 1.29 is 0 Å². The van der Waals surface area contributed by atoms with Crippen molar-refractivity contribution in [2.75, 3.05) is 0 Å². The smallest absolute Gasteiger partial charge is 0.0717 e. The van der Waals surface area contributed by atoms with Gasteiger partial charge in [-0.2, -0.15) is 0 Å². The van der Waals surface area contributed by atoms with Gasteiger partial charge in [-0.3, -0.25) is 4.99 Å². The molecule has 1 heteroatoms. The fraction of sp³-hybridized carbons (Fsp3) is 0.0339. The molecule has 0 radical (unpaired) electrons. The maximum absolute atomic E-state index is 5.45. The van der Waals surface area contributed by atoms with Gasteiger partial charge in [-0.05, 0) is 119 Å². The third kappa shape index (κ3) is 7.23. The topological polar surface area (TPSA) is 12.4 Å². The third-order valence-corrected chi connectivity index (χ3v) is 11.5. The van der Waals surface area contributed by atoms with Gasteiger partial charge in [-0.25, -0.2) is 0 Å². The van der Waals surface area contributed by atoms with Gasteiger partial charge in [0, 0.05) is 11.3 Å². The van der Waals surface area contributed by atoms with E-state index in [0.29, 0.717) is 0 Å². The molecule has 0 amide bonds. The van der Waals surface area contributed by atoms with Crippen LogP contribution in [0, 0.1) is 0 Å². The van der Waals surface area contributed by atoms with E-state index >= 15 is 0 Å². The van der Waals surface area contributed by atoms with Gasteiger partial charge in [0.1, 0.15) is 0 Å². The number of allylic oxidation sites excluding steroid dienone is 7. The van der Waals surface area contributed by atoms with Crippen molar-refractivity contribution in [3.8, 4) is 22.3 Å². The normalized spacial score (nSPS) is 12.5. The van der Waals surface area contributed by atoms with Gasteiger partial charge >= 0.3 is 0 Å². The van der Waals surface area contributed by atoms with Crippen molar-refractivity contribution in [2.45, 2.75) is 13.8 Å². The highest BCUT2D eigenvalue weighted by Gasteiger charge is 2.18. The molecule has 9 aromatic carbocycles. The summed E-state index contributed by atoms with van der Waals surface area (Å²) in [6.07, 6.45) is 10.1. The van der Waals surface area contributed by atoms with E-state index in [1.165, 1.54) is 54.4 Å². The minimum Gasteiger partial charge on any atom is -0.252 e. The minimum absolute atomic E-state index is 0.860. The molecule has 0 spiro atoms. The quantitative estimate of drug-likeness (QED) is 0.0747. The number of hydrogen-bond donors (Lipinski definition) is 0. The van der Waals surface area contributed by atoms with Crippen molar-refractivity contribution in [2.24, 2.45) is 4.99 Å². The summed E-state index contributed by atoms with van der Waals surface area (Å²) >= 11 is 0. The molecule has 0 bridgehead atoms. The molecule has 1 nitrogen and oxygen atoms in total. The van der Waals surface area contributed by atoms with Gasteiger partial charge in [-0.15, -0.1) is 0 Å². The number of nitrogens with zero attached hydrogens (tertiary/aromatic N) is 1. The predicted molar refractivity (Wildman–Crippen MR) is 262 cm³/mol. The van der Waals surface area contributed by atoms with E-state index in [9.17, 15) is 0 Å². The molecule has 9 rings (SSSR count). The Hall–Kier alpha value is -7.61. The Balaban J connectivity index is 1.18. The monoisotopic (exact) mass is 767 g/mol. The predicted octanol–water partition coefficient (Wildman–Crippen LogP) is 16.3. The number of benzene rings is 9. The highest BCUT2D eigenvalue weighted by atomic mass is 14.8. The Morgan fingerprint density at radius 1 is 0.517 bits per heavy atom. The molecule has 286 valence electrons. The zero-order valence-electron chi connectivity index (χ0n) is 34.1. The van der Waals surface area contributed by atoms with Crippen LogP contribution in [0.4, 0.5) is 0 Å². The summed E-state index contributed by atoms with van der Waals surface area (Å²) in [5.74, 6) is 0. The molecule has 9 aromatic rings. The molecule has 0 aliphatic carbocycles. The highest BCUT2D eigenvalue weighted by molar-refractivity contribution is 6.23. The average Bonchev–Trinajstić information content (AvgIpc) is 3.30.